The number of para-hydroxylation sites is 2. The summed E-state index contributed by atoms with van der Waals surface area (Å²) in [5.41, 5.74) is 2.57. The fourth-order valence-electron chi connectivity index (χ4n) is 3.69. The van der Waals surface area contributed by atoms with Gasteiger partial charge in [-0.1, -0.05) is 18.2 Å². The maximum absolute atomic E-state index is 12.4. The summed E-state index contributed by atoms with van der Waals surface area (Å²) in [5.74, 6) is 0.739. The van der Waals surface area contributed by atoms with Gasteiger partial charge in [-0.2, -0.15) is 0 Å². The molecule has 3 aromatic rings. The fourth-order valence-corrected chi connectivity index (χ4v) is 3.69. The Labute approximate surface area is 167 Å². The van der Waals surface area contributed by atoms with E-state index in [0.717, 1.165) is 48.5 Å². The van der Waals surface area contributed by atoms with Gasteiger partial charge in [0.05, 0.1) is 11.5 Å². The first-order chi connectivity index (χ1) is 14.0. The van der Waals surface area contributed by atoms with Gasteiger partial charge < -0.3 is 9.73 Å². The third-order valence-electron chi connectivity index (χ3n) is 5.24. The molecule has 150 valence electrons. The molecule has 2 aromatic carbocycles. The number of likely N-dealkylation sites (tertiary alicyclic amines) is 1. The highest BCUT2D eigenvalue weighted by Crippen LogP contribution is 2.30. The van der Waals surface area contributed by atoms with Gasteiger partial charge in [0.15, 0.2) is 11.5 Å². The Kier molecular flexibility index (Phi) is 5.26. The average molecular weight is 394 g/mol. The van der Waals surface area contributed by atoms with Crippen molar-refractivity contribution in [2.75, 3.05) is 25.0 Å². The van der Waals surface area contributed by atoms with Gasteiger partial charge in [-0.3, -0.25) is 19.8 Å². The zero-order valence-corrected chi connectivity index (χ0v) is 16.1. The van der Waals surface area contributed by atoms with Crippen molar-refractivity contribution >= 4 is 28.4 Å². The number of carbonyl (C=O) groups excluding carboxylic acids is 1. The van der Waals surface area contributed by atoms with Crippen LogP contribution in [0.2, 0.25) is 0 Å². The normalized spacial score (nSPS) is 15.5. The molecule has 4 rings (SSSR count). The average Bonchev–Trinajstić information content (AvgIpc) is 3.14. The Morgan fingerprint density at radius 2 is 2.03 bits per heavy atom. The van der Waals surface area contributed by atoms with Crippen molar-refractivity contribution < 1.29 is 14.1 Å². The van der Waals surface area contributed by atoms with Gasteiger partial charge in [-0.15, -0.1) is 0 Å². The highest BCUT2D eigenvalue weighted by Gasteiger charge is 2.26. The lowest BCUT2D eigenvalue weighted by atomic mass is 9.97. The molecule has 1 aliphatic heterocycles. The molecule has 0 radical (unpaired) electrons. The minimum atomic E-state index is -0.478. The number of hydrogen-bond acceptors (Lipinski definition) is 6. The smallest absolute Gasteiger partial charge is 0.293 e. The number of carbonyl (C=O) groups is 1. The van der Waals surface area contributed by atoms with Crippen molar-refractivity contribution in [3.05, 3.63) is 64.0 Å². The molecule has 1 amide bonds. The van der Waals surface area contributed by atoms with Gasteiger partial charge in [0.25, 0.3) is 5.69 Å². The molecule has 0 bridgehead atoms. The third kappa shape index (κ3) is 4.27. The maximum atomic E-state index is 12.4. The van der Waals surface area contributed by atoms with Crippen LogP contribution in [0.25, 0.3) is 11.1 Å². The zero-order chi connectivity index (χ0) is 20.4. The lowest BCUT2D eigenvalue weighted by Crippen LogP contribution is -2.38. The number of nitrogens with one attached hydrogen (secondary N) is 1. The van der Waals surface area contributed by atoms with Crippen LogP contribution in [0.4, 0.5) is 11.4 Å². The summed E-state index contributed by atoms with van der Waals surface area (Å²) >= 11 is 0. The molecule has 1 aliphatic rings. The number of benzene rings is 2. The van der Waals surface area contributed by atoms with Crippen molar-refractivity contribution in [3.63, 3.8) is 0 Å². The van der Waals surface area contributed by atoms with E-state index in [2.05, 4.69) is 15.2 Å². The number of fused-ring (bicyclic) bond motifs is 1. The van der Waals surface area contributed by atoms with E-state index >= 15 is 0 Å². The number of anilines is 1. The Balaban J connectivity index is 1.34. The van der Waals surface area contributed by atoms with Gasteiger partial charge in [-0.25, -0.2) is 4.98 Å². The van der Waals surface area contributed by atoms with Gasteiger partial charge in [-0.05, 0) is 56.6 Å². The highest BCUT2D eigenvalue weighted by atomic mass is 16.6. The highest BCUT2D eigenvalue weighted by molar-refractivity contribution is 5.94. The summed E-state index contributed by atoms with van der Waals surface area (Å²) in [6.45, 7) is 3.46. The number of rotatable bonds is 5. The van der Waals surface area contributed by atoms with E-state index in [1.807, 2.05) is 24.3 Å². The van der Waals surface area contributed by atoms with Crippen LogP contribution in [0, 0.1) is 17.0 Å². The molecule has 1 saturated heterocycles. The minimum Gasteiger partial charge on any atom is -0.440 e. The Bertz CT molecular complexity index is 1020. The monoisotopic (exact) mass is 394 g/mol. The molecular formula is C21H22N4O4. The van der Waals surface area contributed by atoms with Crippen LogP contribution in [-0.2, 0) is 4.79 Å². The number of aryl methyl sites for hydroxylation is 1. The predicted molar refractivity (Wildman–Crippen MR) is 109 cm³/mol. The summed E-state index contributed by atoms with van der Waals surface area (Å²) in [7, 11) is 0. The molecule has 0 saturated carbocycles. The van der Waals surface area contributed by atoms with E-state index in [9.17, 15) is 14.9 Å². The number of nitro groups is 1. The number of aromatic nitrogens is 1. The molecule has 2 heterocycles. The largest absolute Gasteiger partial charge is 0.440 e. The molecule has 8 heteroatoms. The van der Waals surface area contributed by atoms with Gasteiger partial charge >= 0.3 is 0 Å². The van der Waals surface area contributed by atoms with Crippen LogP contribution in [-0.4, -0.2) is 40.3 Å². The van der Waals surface area contributed by atoms with E-state index in [-0.39, 0.29) is 29.7 Å². The number of nitrogens with zero attached hydrogens (tertiary/aromatic N) is 3. The molecule has 0 aliphatic carbocycles. The molecule has 1 aromatic heterocycles. The van der Waals surface area contributed by atoms with E-state index in [1.54, 1.807) is 19.1 Å². The first-order valence-electron chi connectivity index (χ1n) is 9.62. The van der Waals surface area contributed by atoms with Crippen molar-refractivity contribution in [1.82, 2.24) is 9.88 Å². The van der Waals surface area contributed by atoms with Crippen LogP contribution in [0.1, 0.15) is 30.2 Å². The van der Waals surface area contributed by atoms with E-state index in [0.29, 0.717) is 0 Å². The van der Waals surface area contributed by atoms with Crippen LogP contribution < -0.4 is 5.32 Å². The molecule has 1 N–H and O–H groups in total. The summed E-state index contributed by atoms with van der Waals surface area (Å²) in [6, 6.07) is 12.5. The van der Waals surface area contributed by atoms with Crippen molar-refractivity contribution in [2.24, 2.45) is 0 Å². The molecule has 0 spiro atoms. The van der Waals surface area contributed by atoms with E-state index in [1.165, 1.54) is 6.07 Å². The Morgan fingerprint density at radius 1 is 1.28 bits per heavy atom. The fraction of sp³-hybridized carbons (Fsp3) is 0.333. The Hall–Kier alpha value is -3.26. The lowest BCUT2D eigenvalue weighted by molar-refractivity contribution is -0.384. The van der Waals surface area contributed by atoms with E-state index in [4.69, 9.17) is 4.42 Å². The minimum absolute atomic E-state index is 0.0898. The molecule has 29 heavy (non-hydrogen) atoms. The van der Waals surface area contributed by atoms with Crippen LogP contribution in [0.15, 0.2) is 46.9 Å². The number of nitro benzene ring substituents is 1. The van der Waals surface area contributed by atoms with Crippen molar-refractivity contribution in [3.8, 4) is 0 Å². The van der Waals surface area contributed by atoms with Crippen LogP contribution in [0.3, 0.4) is 0 Å². The number of piperidine rings is 1. The second-order valence-corrected chi connectivity index (χ2v) is 7.40. The van der Waals surface area contributed by atoms with E-state index < -0.39 is 4.92 Å². The zero-order valence-electron chi connectivity index (χ0n) is 16.1. The van der Waals surface area contributed by atoms with Gasteiger partial charge in [0.2, 0.25) is 5.91 Å². The molecule has 8 nitrogen and oxygen atoms in total. The Morgan fingerprint density at radius 3 is 2.76 bits per heavy atom. The van der Waals surface area contributed by atoms with Gasteiger partial charge in [0, 0.05) is 12.0 Å². The second-order valence-electron chi connectivity index (χ2n) is 7.40. The number of hydrogen-bond donors (Lipinski definition) is 1. The summed E-state index contributed by atoms with van der Waals surface area (Å²) in [6.07, 6.45) is 1.70. The number of oxazole rings is 1. The first kappa shape index (κ1) is 19.1. The molecular weight excluding hydrogens is 372 g/mol. The SMILES string of the molecule is Cc1ccc(NC(=O)CN2CCC(c3nc4ccccc4o3)CC2)c([N+](=O)[O-])c1. The lowest BCUT2D eigenvalue weighted by Gasteiger charge is -2.29. The molecule has 0 atom stereocenters. The van der Waals surface area contributed by atoms with Crippen molar-refractivity contribution in [2.45, 2.75) is 25.7 Å². The van der Waals surface area contributed by atoms with Crippen molar-refractivity contribution in [1.29, 1.82) is 0 Å². The topological polar surface area (TPSA) is 102 Å². The standard InChI is InChI=1S/C21H22N4O4/c1-14-6-7-16(18(12-14)25(27)28)22-20(26)13-24-10-8-15(9-11-24)21-23-17-4-2-3-5-19(17)29-21/h2-7,12,15H,8-11,13H2,1H3,(H,22,26). The quantitative estimate of drug-likeness (QED) is 0.521. The summed E-state index contributed by atoms with van der Waals surface area (Å²) in [5, 5.41) is 13.9. The summed E-state index contributed by atoms with van der Waals surface area (Å²) in [4.78, 5) is 29.8. The third-order valence-corrected chi connectivity index (χ3v) is 5.24. The maximum Gasteiger partial charge on any atom is 0.293 e. The van der Waals surface area contributed by atoms with Crippen LogP contribution >= 0.6 is 0 Å². The summed E-state index contributed by atoms with van der Waals surface area (Å²) < 4.78 is 5.88. The molecule has 0 unspecified atom stereocenters. The predicted octanol–water partition coefficient (Wildman–Crippen LogP) is 3.86. The first-order valence-corrected chi connectivity index (χ1v) is 9.62. The van der Waals surface area contributed by atoms with Gasteiger partial charge in [0.1, 0.15) is 11.2 Å². The number of amides is 1. The second kappa shape index (κ2) is 8.00. The molecule has 1 fully saturated rings. The van der Waals surface area contributed by atoms with Crippen LogP contribution in [0.5, 0.6) is 0 Å².